The Bertz CT molecular complexity index is 883. The molecule has 0 aliphatic heterocycles. The van der Waals surface area contributed by atoms with Crippen LogP contribution in [0.3, 0.4) is 0 Å². The van der Waals surface area contributed by atoms with Crippen LogP contribution in [0.4, 0.5) is 5.69 Å². The van der Waals surface area contributed by atoms with E-state index < -0.39 is 11.9 Å². The van der Waals surface area contributed by atoms with Gasteiger partial charge in [0, 0.05) is 11.3 Å². The van der Waals surface area contributed by atoms with Crippen molar-refractivity contribution < 1.29 is 18.7 Å². The highest BCUT2D eigenvalue weighted by molar-refractivity contribution is 5.97. The van der Waals surface area contributed by atoms with Crippen LogP contribution in [0.15, 0.2) is 71.1 Å². The summed E-state index contributed by atoms with van der Waals surface area (Å²) in [5.41, 5.74) is 2.54. The van der Waals surface area contributed by atoms with Crippen LogP contribution in [0.25, 0.3) is 11.1 Å². The number of carbonyl (C=O) groups excluding carboxylic acids is 2. The lowest BCUT2D eigenvalue weighted by Crippen LogP contribution is -2.21. The van der Waals surface area contributed by atoms with Gasteiger partial charge in [-0.05, 0) is 30.7 Å². The zero-order valence-corrected chi connectivity index (χ0v) is 13.7. The summed E-state index contributed by atoms with van der Waals surface area (Å²) in [5, 5.41) is 2.77. The molecule has 0 spiro atoms. The first-order valence-electron chi connectivity index (χ1n) is 7.81. The number of anilines is 1. The topological polar surface area (TPSA) is 68.5 Å². The number of para-hydroxylation sites is 1. The van der Waals surface area contributed by atoms with Crippen LogP contribution in [0.5, 0.6) is 0 Å². The summed E-state index contributed by atoms with van der Waals surface area (Å²) >= 11 is 0. The summed E-state index contributed by atoms with van der Waals surface area (Å²) in [6, 6.07) is 20.3. The number of ether oxygens (including phenoxy) is 1. The summed E-state index contributed by atoms with van der Waals surface area (Å²) in [6.45, 7) is 1.34. The largest absolute Gasteiger partial charge is 0.454 e. The van der Waals surface area contributed by atoms with Crippen molar-refractivity contribution in [3.63, 3.8) is 0 Å². The molecule has 1 N–H and O–H groups in total. The van der Waals surface area contributed by atoms with E-state index in [2.05, 4.69) is 5.32 Å². The van der Waals surface area contributed by atoms with Crippen molar-refractivity contribution in [2.45, 2.75) is 6.92 Å². The number of furan rings is 1. The van der Waals surface area contributed by atoms with E-state index in [0.29, 0.717) is 11.4 Å². The van der Waals surface area contributed by atoms with Crippen LogP contribution in [-0.4, -0.2) is 18.5 Å². The van der Waals surface area contributed by atoms with Crippen molar-refractivity contribution in [1.29, 1.82) is 0 Å². The average Bonchev–Trinajstić information content (AvgIpc) is 3.07. The Hall–Kier alpha value is -3.34. The molecule has 0 atom stereocenters. The molecule has 0 saturated heterocycles. The molecule has 0 aliphatic carbocycles. The van der Waals surface area contributed by atoms with Gasteiger partial charge >= 0.3 is 5.97 Å². The molecule has 1 aromatic heterocycles. The lowest BCUT2D eigenvalue weighted by atomic mass is 10.0. The van der Waals surface area contributed by atoms with Crippen molar-refractivity contribution >= 4 is 17.6 Å². The number of nitrogens with one attached hydrogen (secondary N) is 1. The van der Waals surface area contributed by atoms with Gasteiger partial charge in [-0.15, -0.1) is 0 Å². The van der Waals surface area contributed by atoms with Crippen LogP contribution >= 0.6 is 0 Å². The Morgan fingerprint density at radius 1 is 0.960 bits per heavy atom. The fourth-order valence-corrected chi connectivity index (χ4v) is 2.39. The Kier molecular flexibility index (Phi) is 4.95. The monoisotopic (exact) mass is 335 g/mol. The standard InChI is InChI=1S/C20H17NO4/c1-14-11-12-18(25-14)20(23)24-13-19(22)21-17-10-6-5-9-16(17)15-7-3-2-4-8-15/h2-12H,13H2,1H3,(H,21,22). The zero-order valence-electron chi connectivity index (χ0n) is 13.7. The highest BCUT2D eigenvalue weighted by Crippen LogP contribution is 2.27. The van der Waals surface area contributed by atoms with Crippen molar-refractivity contribution in [3.8, 4) is 11.1 Å². The molecule has 0 saturated carbocycles. The number of aryl methyl sites for hydroxylation is 1. The molecule has 0 fully saturated rings. The normalized spacial score (nSPS) is 10.3. The lowest BCUT2D eigenvalue weighted by molar-refractivity contribution is -0.119. The summed E-state index contributed by atoms with van der Waals surface area (Å²) < 4.78 is 10.1. The Morgan fingerprint density at radius 2 is 1.68 bits per heavy atom. The minimum Gasteiger partial charge on any atom is -0.454 e. The minimum absolute atomic E-state index is 0.0787. The van der Waals surface area contributed by atoms with Gasteiger partial charge in [-0.2, -0.15) is 0 Å². The number of esters is 1. The number of rotatable bonds is 5. The number of hydrogen-bond donors (Lipinski definition) is 1. The predicted molar refractivity (Wildman–Crippen MR) is 94.2 cm³/mol. The van der Waals surface area contributed by atoms with E-state index in [0.717, 1.165) is 11.1 Å². The first kappa shape index (κ1) is 16.5. The van der Waals surface area contributed by atoms with Gasteiger partial charge in [0.1, 0.15) is 5.76 Å². The molecule has 1 heterocycles. The van der Waals surface area contributed by atoms with Crippen LogP contribution in [0.2, 0.25) is 0 Å². The highest BCUT2D eigenvalue weighted by atomic mass is 16.5. The maximum Gasteiger partial charge on any atom is 0.374 e. The molecular weight excluding hydrogens is 318 g/mol. The number of amides is 1. The van der Waals surface area contributed by atoms with Gasteiger partial charge < -0.3 is 14.5 Å². The summed E-state index contributed by atoms with van der Waals surface area (Å²) in [6.07, 6.45) is 0. The summed E-state index contributed by atoms with van der Waals surface area (Å²) in [5.74, 6) is -0.400. The van der Waals surface area contributed by atoms with Gasteiger partial charge in [-0.1, -0.05) is 48.5 Å². The molecule has 0 radical (unpaired) electrons. The quantitative estimate of drug-likeness (QED) is 0.714. The fraction of sp³-hybridized carbons (Fsp3) is 0.100. The van der Waals surface area contributed by atoms with Gasteiger partial charge in [-0.25, -0.2) is 4.79 Å². The van der Waals surface area contributed by atoms with E-state index in [9.17, 15) is 9.59 Å². The average molecular weight is 335 g/mol. The molecular formula is C20H17NO4. The maximum atomic E-state index is 12.1. The van der Waals surface area contributed by atoms with Crippen molar-refractivity contribution in [2.75, 3.05) is 11.9 Å². The molecule has 5 heteroatoms. The van der Waals surface area contributed by atoms with Gasteiger partial charge in [0.2, 0.25) is 5.76 Å². The maximum absolute atomic E-state index is 12.1. The molecule has 126 valence electrons. The summed E-state index contributed by atoms with van der Waals surface area (Å²) in [7, 11) is 0. The van der Waals surface area contributed by atoms with E-state index >= 15 is 0 Å². The second kappa shape index (κ2) is 7.49. The van der Waals surface area contributed by atoms with Crippen LogP contribution < -0.4 is 5.32 Å². The second-order valence-electron chi connectivity index (χ2n) is 5.45. The molecule has 0 aliphatic rings. The van der Waals surface area contributed by atoms with Gasteiger partial charge in [0.15, 0.2) is 6.61 Å². The first-order valence-corrected chi connectivity index (χ1v) is 7.81. The van der Waals surface area contributed by atoms with E-state index in [1.807, 2.05) is 48.5 Å². The van der Waals surface area contributed by atoms with Gasteiger partial charge in [0.25, 0.3) is 5.91 Å². The SMILES string of the molecule is Cc1ccc(C(=O)OCC(=O)Nc2ccccc2-c2ccccc2)o1. The first-order chi connectivity index (χ1) is 12.1. The Morgan fingerprint density at radius 3 is 2.40 bits per heavy atom. The van der Waals surface area contributed by atoms with Crippen molar-refractivity contribution in [1.82, 2.24) is 0 Å². The molecule has 0 unspecified atom stereocenters. The van der Waals surface area contributed by atoms with E-state index in [-0.39, 0.29) is 12.4 Å². The molecule has 3 rings (SSSR count). The predicted octanol–water partition coefficient (Wildman–Crippen LogP) is 4.05. The van der Waals surface area contributed by atoms with Gasteiger partial charge in [0.05, 0.1) is 0 Å². The van der Waals surface area contributed by atoms with E-state index in [4.69, 9.17) is 9.15 Å². The smallest absolute Gasteiger partial charge is 0.374 e. The van der Waals surface area contributed by atoms with Crippen LogP contribution in [0.1, 0.15) is 16.3 Å². The Labute approximate surface area is 145 Å². The second-order valence-corrected chi connectivity index (χ2v) is 5.45. The van der Waals surface area contributed by atoms with Crippen molar-refractivity contribution in [2.24, 2.45) is 0 Å². The molecule has 0 bridgehead atoms. The zero-order chi connectivity index (χ0) is 17.6. The molecule has 5 nitrogen and oxygen atoms in total. The Balaban J connectivity index is 1.65. The van der Waals surface area contributed by atoms with Crippen LogP contribution in [0, 0.1) is 6.92 Å². The molecule has 2 aromatic carbocycles. The minimum atomic E-state index is -0.667. The highest BCUT2D eigenvalue weighted by Gasteiger charge is 2.14. The van der Waals surface area contributed by atoms with Crippen molar-refractivity contribution in [3.05, 3.63) is 78.3 Å². The molecule has 25 heavy (non-hydrogen) atoms. The number of carbonyl (C=O) groups is 2. The number of hydrogen-bond acceptors (Lipinski definition) is 4. The molecule has 3 aromatic rings. The van der Waals surface area contributed by atoms with Crippen LogP contribution in [-0.2, 0) is 9.53 Å². The third kappa shape index (κ3) is 4.14. The van der Waals surface area contributed by atoms with Gasteiger partial charge in [-0.3, -0.25) is 4.79 Å². The van der Waals surface area contributed by atoms with E-state index in [1.54, 1.807) is 19.1 Å². The van der Waals surface area contributed by atoms with E-state index in [1.165, 1.54) is 6.07 Å². The summed E-state index contributed by atoms with van der Waals surface area (Å²) in [4.78, 5) is 23.9. The molecule has 1 amide bonds. The lowest BCUT2D eigenvalue weighted by Gasteiger charge is -2.11. The fourth-order valence-electron chi connectivity index (χ4n) is 2.39. The third-order valence-electron chi connectivity index (χ3n) is 3.56. The number of benzene rings is 2. The third-order valence-corrected chi connectivity index (χ3v) is 3.56.